The zero-order chi connectivity index (χ0) is 28.4. The minimum absolute atomic E-state index is 0.0819. The molecule has 208 valence electrons. The largest absolute Gasteiger partial charge is 0.628 e. The third-order valence-electron chi connectivity index (χ3n) is 5.89. The van der Waals surface area contributed by atoms with Crippen molar-refractivity contribution in [3.05, 3.63) is 55.5 Å². The number of halogens is 4. The van der Waals surface area contributed by atoms with Crippen LogP contribution < -0.4 is 0 Å². The van der Waals surface area contributed by atoms with Crippen LogP contribution in [0.1, 0.15) is 65.5 Å². The number of hydrogen-bond donors (Lipinski definition) is 2. The van der Waals surface area contributed by atoms with Gasteiger partial charge in [-0.25, -0.2) is 0 Å². The lowest BCUT2D eigenvalue weighted by Gasteiger charge is -2.40. The van der Waals surface area contributed by atoms with Gasteiger partial charge in [-0.05, 0) is 78.6 Å². The van der Waals surface area contributed by atoms with Crippen molar-refractivity contribution in [1.29, 1.82) is 0 Å². The van der Waals surface area contributed by atoms with Crippen molar-refractivity contribution in [2.24, 2.45) is 0 Å². The van der Waals surface area contributed by atoms with E-state index >= 15 is 0 Å². The van der Waals surface area contributed by atoms with E-state index in [-0.39, 0.29) is 51.4 Å². The van der Waals surface area contributed by atoms with Crippen LogP contribution >= 0.6 is 46.4 Å². The zero-order valence-corrected chi connectivity index (χ0v) is 25.2. The molecule has 0 radical (unpaired) electrons. The highest BCUT2D eigenvalue weighted by Crippen LogP contribution is 2.37. The van der Waals surface area contributed by atoms with Crippen molar-refractivity contribution >= 4 is 61.0 Å². The number of aromatic hydroxyl groups is 2. The van der Waals surface area contributed by atoms with E-state index in [2.05, 4.69) is 0 Å². The number of rotatable bonds is 4. The minimum atomic E-state index is -0.746. The molecule has 0 spiro atoms. The highest BCUT2D eigenvalue weighted by Gasteiger charge is 2.46. The summed E-state index contributed by atoms with van der Waals surface area (Å²) in [7, 11) is -1.49. The molecule has 2 aliphatic rings. The molecule has 2 N–H and O–H groups in total. The number of hydrogen-bond acceptors (Lipinski definition) is 7. The van der Waals surface area contributed by atoms with E-state index in [1.54, 1.807) is 12.1 Å². The number of benzene rings is 2. The first-order valence-corrected chi connectivity index (χ1v) is 13.7. The average molecular weight is 608 g/mol. The Bertz CT molecular complexity index is 1050. The second-order valence-electron chi connectivity index (χ2n) is 10.7. The SMILES string of the molecule is CC1CC(C)(C)OB(OB2OC(C)CC(C)(C)O2)O1.Oc1c(Cl)cc(Cl)cc1Cc1cc(Cl)cc(Cl)c1O. The molecular weight excluding hydrogens is 576 g/mol. The maximum Gasteiger partial charge on any atom is 0.628 e. The molecule has 0 saturated carbocycles. The third kappa shape index (κ3) is 9.08. The fourth-order valence-corrected chi connectivity index (χ4v) is 5.53. The molecule has 2 aliphatic heterocycles. The summed E-state index contributed by atoms with van der Waals surface area (Å²) in [6, 6.07) is 6.01. The first-order valence-electron chi connectivity index (χ1n) is 12.2. The molecule has 2 saturated heterocycles. The van der Waals surface area contributed by atoms with Crippen molar-refractivity contribution < 1.29 is 33.4 Å². The lowest BCUT2D eigenvalue weighted by molar-refractivity contribution is -0.0873. The Labute approximate surface area is 244 Å². The predicted molar refractivity (Wildman–Crippen MR) is 152 cm³/mol. The Kier molecular flexibility index (Phi) is 10.6. The lowest BCUT2D eigenvalue weighted by Crippen LogP contribution is -2.54. The van der Waals surface area contributed by atoms with Crippen molar-refractivity contribution in [3.8, 4) is 11.5 Å². The summed E-state index contributed by atoms with van der Waals surface area (Å²) in [4.78, 5) is 0. The molecule has 2 aromatic rings. The van der Waals surface area contributed by atoms with Gasteiger partial charge in [-0.2, -0.15) is 0 Å². The van der Waals surface area contributed by atoms with Crippen LogP contribution in [0.25, 0.3) is 0 Å². The van der Waals surface area contributed by atoms with Crippen LogP contribution in [0.4, 0.5) is 0 Å². The molecule has 13 heteroatoms. The standard InChI is InChI=1S/C13H8Cl4O2.C12H24B2O5/c14-8-2-6(12(18)10(16)4-8)1-7-3-9(15)5-11(17)13(7)19;1-9-7-11(3,4)17-13(15-9)19-14-16-10(2)8-12(5,6)18-14/h2-5,18-19H,1H2;9-10H,7-8H2,1-6H3. The van der Waals surface area contributed by atoms with E-state index in [0.29, 0.717) is 21.2 Å². The van der Waals surface area contributed by atoms with Gasteiger partial charge in [0.15, 0.2) is 0 Å². The van der Waals surface area contributed by atoms with Gasteiger partial charge in [-0.15, -0.1) is 0 Å². The van der Waals surface area contributed by atoms with Crippen LogP contribution in [0, 0.1) is 0 Å². The van der Waals surface area contributed by atoms with Crippen molar-refractivity contribution in [3.63, 3.8) is 0 Å². The predicted octanol–water partition coefficient (Wildman–Crippen LogP) is 7.48. The van der Waals surface area contributed by atoms with Crippen LogP contribution in [0.2, 0.25) is 20.1 Å². The summed E-state index contributed by atoms with van der Waals surface area (Å²) >= 11 is 23.4. The molecule has 2 aromatic carbocycles. The van der Waals surface area contributed by atoms with Gasteiger partial charge in [0.1, 0.15) is 11.5 Å². The zero-order valence-electron chi connectivity index (χ0n) is 22.2. The van der Waals surface area contributed by atoms with Crippen LogP contribution in [-0.2, 0) is 29.6 Å². The Morgan fingerprint density at radius 2 is 1.13 bits per heavy atom. The summed E-state index contributed by atoms with van der Waals surface area (Å²) in [6.45, 7) is 12.1. The molecule has 4 rings (SSSR count). The smallest absolute Gasteiger partial charge is 0.506 e. The van der Waals surface area contributed by atoms with Crippen LogP contribution in [0.5, 0.6) is 11.5 Å². The minimum Gasteiger partial charge on any atom is -0.506 e. The molecular formula is C25H32B2Cl4O7. The van der Waals surface area contributed by atoms with Gasteiger partial charge < -0.3 is 33.4 Å². The maximum atomic E-state index is 9.87. The number of phenolic OH excluding ortho intramolecular Hbond substituents is 2. The van der Waals surface area contributed by atoms with E-state index in [9.17, 15) is 10.2 Å². The van der Waals surface area contributed by atoms with Gasteiger partial charge in [0.2, 0.25) is 0 Å². The van der Waals surface area contributed by atoms with Gasteiger partial charge in [0, 0.05) is 39.8 Å². The van der Waals surface area contributed by atoms with E-state index in [0.717, 1.165) is 12.8 Å². The van der Waals surface area contributed by atoms with Crippen molar-refractivity contribution in [1.82, 2.24) is 0 Å². The van der Waals surface area contributed by atoms with Crippen molar-refractivity contribution in [2.75, 3.05) is 0 Å². The Hall–Kier alpha value is -0.870. The second-order valence-corrected chi connectivity index (χ2v) is 12.4. The molecule has 38 heavy (non-hydrogen) atoms. The third-order valence-corrected chi connectivity index (χ3v) is 6.91. The summed E-state index contributed by atoms with van der Waals surface area (Å²) < 4.78 is 28.4. The van der Waals surface area contributed by atoms with E-state index in [1.807, 2.05) is 41.5 Å². The van der Waals surface area contributed by atoms with Crippen LogP contribution in [0.3, 0.4) is 0 Å². The average Bonchev–Trinajstić information content (AvgIpc) is 2.72. The van der Waals surface area contributed by atoms with E-state index in [1.165, 1.54) is 12.1 Å². The summed E-state index contributed by atoms with van der Waals surface area (Å²) in [6.07, 6.45) is 2.05. The fraction of sp³-hybridized carbons (Fsp3) is 0.520. The molecule has 0 aliphatic carbocycles. The molecule has 0 bridgehead atoms. The van der Waals surface area contributed by atoms with E-state index in [4.69, 9.17) is 69.6 Å². The summed E-state index contributed by atoms with van der Waals surface area (Å²) in [5.41, 5.74) is 0.424. The molecule has 2 heterocycles. The topological polar surface area (TPSA) is 86.6 Å². The van der Waals surface area contributed by atoms with Crippen LogP contribution in [0.15, 0.2) is 24.3 Å². The lowest BCUT2D eigenvalue weighted by atomic mass is 9.91. The molecule has 0 aromatic heterocycles. The Morgan fingerprint density at radius 1 is 0.763 bits per heavy atom. The Morgan fingerprint density at radius 3 is 1.47 bits per heavy atom. The van der Waals surface area contributed by atoms with Gasteiger partial charge in [-0.1, -0.05) is 46.4 Å². The highest BCUT2D eigenvalue weighted by molar-refractivity contribution is 6.52. The quantitative estimate of drug-likeness (QED) is 0.348. The monoisotopic (exact) mass is 606 g/mol. The van der Waals surface area contributed by atoms with Crippen molar-refractivity contribution in [2.45, 2.75) is 84.2 Å². The molecule has 2 fully saturated rings. The summed E-state index contributed by atoms with van der Waals surface area (Å²) in [5.74, 6) is -0.164. The second kappa shape index (κ2) is 12.8. The molecule has 7 nitrogen and oxygen atoms in total. The van der Waals surface area contributed by atoms with Crippen LogP contribution in [-0.4, -0.2) is 48.3 Å². The highest BCUT2D eigenvalue weighted by atomic mass is 35.5. The molecule has 2 atom stereocenters. The number of phenols is 2. The maximum absolute atomic E-state index is 9.87. The van der Waals surface area contributed by atoms with Gasteiger partial charge in [0.25, 0.3) is 0 Å². The molecule has 0 amide bonds. The summed E-state index contributed by atoms with van der Waals surface area (Å²) in [5, 5.41) is 20.8. The first-order chi connectivity index (χ1) is 17.5. The fourth-order valence-electron chi connectivity index (χ4n) is 4.46. The van der Waals surface area contributed by atoms with Gasteiger partial charge >= 0.3 is 14.6 Å². The van der Waals surface area contributed by atoms with Gasteiger partial charge in [-0.3, -0.25) is 0 Å². The normalized spacial score (nSPS) is 22.6. The Balaban J connectivity index is 0.000000211. The van der Waals surface area contributed by atoms with E-state index < -0.39 is 14.6 Å². The molecule has 2 unspecified atom stereocenters. The first kappa shape index (κ1) is 31.7. The van der Waals surface area contributed by atoms with Gasteiger partial charge in [0.05, 0.1) is 21.2 Å².